The third-order valence-electron chi connectivity index (χ3n) is 7.99. The molecule has 9 rings (SSSR count). The molecular weight excluding hydrogens is 494 g/mol. The van der Waals surface area contributed by atoms with Crippen molar-refractivity contribution in [3.05, 3.63) is 127 Å². The molecule has 0 spiro atoms. The first-order valence-corrected chi connectivity index (χ1v) is 14.0. The molecule has 3 heterocycles. The molecule has 182 valence electrons. The first-order valence-electron chi connectivity index (χ1n) is 13.2. The fraction of sp³-hybridized carbons (Fsp3) is 0. The number of para-hydroxylation sites is 2. The average molecular weight is 516 g/mol. The van der Waals surface area contributed by atoms with E-state index in [4.69, 9.17) is 4.42 Å². The van der Waals surface area contributed by atoms with E-state index < -0.39 is 0 Å². The van der Waals surface area contributed by atoms with E-state index in [1.807, 2.05) is 11.3 Å². The zero-order chi connectivity index (χ0) is 25.5. The Morgan fingerprint density at radius 3 is 2.33 bits per heavy atom. The highest BCUT2D eigenvalue weighted by molar-refractivity contribution is 7.26. The number of hydrogen-bond donors (Lipinski definition) is 0. The van der Waals surface area contributed by atoms with Crippen LogP contribution in [0, 0.1) is 0 Å². The van der Waals surface area contributed by atoms with E-state index in [0.717, 1.165) is 21.9 Å². The molecule has 6 aromatic carbocycles. The van der Waals surface area contributed by atoms with Gasteiger partial charge in [0.05, 0.1) is 15.7 Å². The predicted octanol–water partition coefficient (Wildman–Crippen LogP) is 10.7. The van der Waals surface area contributed by atoms with Crippen molar-refractivity contribution in [2.75, 3.05) is 0 Å². The summed E-state index contributed by atoms with van der Waals surface area (Å²) in [5.41, 5.74) is 7.99. The molecule has 0 amide bonds. The van der Waals surface area contributed by atoms with Crippen molar-refractivity contribution in [3.8, 4) is 16.8 Å². The Morgan fingerprint density at radius 1 is 0.590 bits per heavy atom. The highest BCUT2D eigenvalue weighted by atomic mass is 32.1. The lowest BCUT2D eigenvalue weighted by atomic mass is 9.97. The third kappa shape index (κ3) is 2.91. The highest BCUT2D eigenvalue weighted by Gasteiger charge is 2.19. The summed E-state index contributed by atoms with van der Waals surface area (Å²) in [4.78, 5) is 0. The van der Waals surface area contributed by atoms with Crippen molar-refractivity contribution in [1.29, 1.82) is 0 Å². The van der Waals surface area contributed by atoms with E-state index >= 15 is 0 Å². The zero-order valence-corrected chi connectivity index (χ0v) is 21.7. The lowest BCUT2D eigenvalue weighted by Gasteiger charge is -2.09. The summed E-state index contributed by atoms with van der Waals surface area (Å²) in [5.74, 6) is 0. The molecular formula is C36H21NOS. The van der Waals surface area contributed by atoms with Crippen LogP contribution < -0.4 is 0 Å². The molecule has 0 aliphatic carbocycles. The molecule has 3 aromatic heterocycles. The summed E-state index contributed by atoms with van der Waals surface area (Å²) in [6, 6.07) is 45.7. The van der Waals surface area contributed by atoms with Gasteiger partial charge in [-0.1, -0.05) is 84.9 Å². The standard InChI is InChI=1S/C36H21NOS/c1-2-10-24(11-3-1)37-30-15-7-6-13-27(30)36-34(37)29-21-23(18-20-32(29)39-36)25-14-8-16-31-33(25)28-19-17-22-9-4-5-12-26(22)35(28)38-31/h1-21H. The normalized spacial score (nSPS) is 12.1. The van der Waals surface area contributed by atoms with E-state index in [9.17, 15) is 0 Å². The van der Waals surface area contributed by atoms with Gasteiger partial charge in [0.25, 0.3) is 0 Å². The van der Waals surface area contributed by atoms with Gasteiger partial charge in [-0.25, -0.2) is 0 Å². The van der Waals surface area contributed by atoms with Crippen molar-refractivity contribution in [3.63, 3.8) is 0 Å². The molecule has 2 nitrogen and oxygen atoms in total. The maximum absolute atomic E-state index is 6.49. The molecule has 0 saturated carbocycles. The van der Waals surface area contributed by atoms with Gasteiger partial charge in [-0.15, -0.1) is 11.3 Å². The second-order valence-corrected chi connectivity index (χ2v) is 11.2. The molecule has 0 unspecified atom stereocenters. The minimum Gasteiger partial charge on any atom is -0.455 e. The lowest BCUT2D eigenvalue weighted by molar-refractivity contribution is 0.673. The molecule has 0 radical (unpaired) electrons. The van der Waals surface area contributed by atoms with Crippen LogP contribution >= 0.6 is 11.3 Å². The van der Waals surface area contributed by atoms with Crippen LogP contribution in [0.1, 0.15) is 0 Å². The van der Waals surface area contributed by atoms with E-state index in [2.05, 4.69) is 132 Å². The Labute approximate surface area is 227 Å². The number of hydrogen-bond acceptors (Lipinski definition) is 2. The monoisotopic (exact) mass is 515 g/mol. The van der Waals surface area contributed by atoms with E-state index in [0.29, 0.717) is 0 Å². The van der Waals surface area contributed by atoms with Gasteiger partial charge in [-0.3, -0.25) is 0 Å². The van der Waals surface area contributed by atoms with Crippen molar-refractivity contribution in [2.24, 2.45) is 0 Å². The molecule has 0 fully saturated rings. The zero-order valence-electron chi connectivity index (χ0n) is 20.9. The third-order valence-corrected chi connectivity index (χ3v) is 9.18. The summed E-state index contributed by atoms with van der Waals surface area (Å²) < 4.78 is 11.5. The van der Waals surface area contributed by atoms with Crippen LogP contribution in [0.25, 0.3) is 80.7 Å². The second kappa shape index (κ2) is 7.83. The van der Waals surface area contributed by atoms with Gasteiger partial charge in [0.15, 0.2) is 0 Å². The van der Waals surface area contributed by atoms with Crippen molar-refractivity contribution < 1.29 is 4.42 Å². The number of aromatic nitrogens is 1. The second-order valence-electron chi connectivity index (χ2n) is 10.1. The topological polar surface area (TPSA) is 18.1 Å². The fourth-order valence-corrected chi connectivity index (χ4v) is 7.48. The highest BCUT2D eigenvalue weighted by Crippen LogP contribution is 2.45. The van der Waals surface area contributed by atoms with E-state index in [-0.39, 0.29) is 0 Å². The number of benzene rings is 6. The number of nitrogens with zero attached hydrogens (tertiary/aromatic N) is 1. The molecule has 0 bridgehead atoms. The Bertz CT molecular complexity index is 2390. The smallest absolute Gasteiger partial charge is 0.143 e. The summed E-state index contributed by atoms with van der Waals surface area (Å²) >= 11 is 1.88. The van der Waals surface area contributed by atoms with Crippen LogP contribution in [-0.4, -0.2) is 4.57 Å². The number of thiophene rings is 1. The number of furan rings is 1. The van der Waals surface area contributed by atoms with Gasteiger partial charge in [-0.05, 0) is 59.0 Å². The van der Waals surface area contributed by atoms with Gasteiger partial charge in [0, 0.05) is 37.3 Å². The van der Waals surface area contributed by atoms with Crippen molar-refractivity contribution in [2.45, 2.75) is 0 Å². The van der Waals surface area contributed by atoms with Crippen LogP contribution in [0.3, 0.4) is 0 Å². The van der Waals surface area contributed by atoms with Gasteiger partial charge >= 0.3 is 0 Å². The Kier molecular flexibility index (Phi) is 4.24. The fourth-order valence-electron chi connectivity index (χ4n) is 6.28. The average Bonchev–Trinajstić information content (AvgIpc) is 3.66. The number of rotatable bonds is 2. The minimum absolute atomic E-state index is 0.924. The predicted molar refractivity (Wildman–Crippen MR) is 166 cm³/mol. The van der Waals surface area contributed by atoms with E-state index in [1.54, 1.807) is 0 Å². The summed E-state index contributed by atoms with van der Waals surface area (Å²) in [7, 11) is 0. The first kappa shape index (κ1) is 21.1. The van der Waals surface area contributed by atoms with Crippen molar-refractivity contribution in [1.82, 2.24) is 4.57 Å². The Morgan fingerprint density at radius 2 is 1.41 bits per heavy atom. The van der Waals surface area contributed by atoms with Crippen molar-refractivity contribution >= 4 is 75.3 Å². The summed E-state index contributed by atoms with van der Waals surface area (Å²) in [6.07, 6.45) is 0. The molecule has 39 heavy (non-hydrogen) atoms. The summed E-state index contributed by atoms with van der Waals surface area (Å²) in [5, 5.41) is 7.26. The molecule has 0 saturated heterocycles. The first-order chi connectivity index (χ1) is 19.3. The molecule has 0 atom stereocenters. The Hall–Kier alpha value is -4.86. The van der Waals surface area contributed by atoms with Gasteiger partial charge in [0.2, 0.25) is 0 Å². The lowest BCUT2D eigenvalue weighted by Crippen LogP contribution is -1.92. The summed E-state index contributed by atoms with van der Waals surface area (Å²) in [6.45, 7) is 0. The minimum atomic E-state index is 0.924. The molecule has 9 aromatic rings. The van der Waals surface area contributed by atoms with Gasteiger partial charge in [0.1, 0.15) is 11.2 Å². The van der Waals surface area contributed by atoms with Crippen LogP contribution in [0.15, 0.2) is 132 Å². The van der Waals surface area contributed by atoms with E-state index in [1.165, 1.54) is 58.8 Å². The largest absolute Gasteiger partial charge is 0.455 e. The van der Waals surface area contributed by atoms with Gasteiger partial charge < -0.3 is 8.98 Å². The number of fused-ring (bicyclic) bond motifs is 10. The van der Waals surface area contributed by atoms with Crippen LogP contribution in [0.5, 0.6) is 0 Å². The molecule has 0 aliphatic rings. The quantitative estimate of drug-likeness (QED) is 0.224. The maximum atomic E-state index is 6.49. The van der Waals surface area contributed by atoms with Gasteiger partial charge in [-0.2, -0.15) is 0 Å². The molecule has 3 heteroatoms. The van der Waals surface area contributed by atoms with Crippen LogP contribution in [-0.2, 0) is 0 Å². The van der Waals surface area contributed by atoms with Crippen LogP contribution in [0.2, 0.25) is 0 Å². The molecule has 0 aliphatic heterocycles. The Balaban J connectivity index is 1.37. The SMILES string of the molecule is c1ccc(-n2c3ccccc3c3sc4ccc(-c5cccc6oc7c8ccccc8ccc7c56)cc4c32)cc1. The molecule has 0 N–H and O–H groups in total. The van der Waals surface area contributed by atoms with Crippen LogP contribution in [0.4, 0.5) is 0 Å². The maximum Gasteiger partial charge on any atom is 0.143 e.